The first-order chi connectivity index (χ1) is 9.69. The highest BCUT2D eigenvalue weighted by Crippen LogP contribution is 2.53. The molecule has 1 fully saturated rings. The average molecular weight is 283 g/mol. The number of fused-ring (bicyclic) bond motifs is 1. The van der Waals surface area contributed by atoms with E-state index in [2.05, 4.69) is 56.9 Å². The third kappa shape index (κ3) is 2.82. The molecule has 1 aliphatic carbocycles. The molecule has 0 unspecified atom stereocenters. The minimum absolute atomic E-state index is 0.148. The molecule has 0 atom stereocenters. The molecular weight excluding hydrogens is 258 g/mol. The van der Waals surface area contributed by atoms with Crippen molar-refractivity contribution in [3.05, 3.63) is 42.1 Å². The standard InChI is InChI=1S/C19H25NO/c1-17(2)11-18(3,4)13-19(21,12-17)15-8-7-14-6-5-9-20-16(14)10-15/h5-10,21H,11-13H2,1-4H3. The number of aliphatic hydroxyl groups is 1. The Morgan fingerprint density at radius 2 is 1.62 bits per heavy atom. The van der Waals surface area contributed by atoms with Crippen molar-refractivity contribution in [1.29, 1.82) is 0 Å². The van der Waals surface area contributed by atoms with Crippen molar-refractivity contribution in [2.45, 2.75) is 52.6 Å². The monoisotopic (exact) mass is 283 g/mol. The summed E-state index contributed by atoms with van der Waals surface area (Å²) in [7, 11) is 0. The van der Waals surface area contributed by atoms with Gasteiger partial charge >= 0.3 is 0 Å². The van der Waals surface area contributed by atoms with Gasteiger partial charge in [0.1, 0.15) is 0 Å². The fourth-order valence-corrected chi connectivity index (χ4v) is 4.63. The van der Waals surface area contributed by atoms with E-state index in [1.807, 2.05) is 12.3 Å². The summed E-state index contributed by atoms with van der Waals surface area (Å²) in [4.78, 5) is 4.43. The molecule has 2 aromatic rings. The van der Waals surface area contributed by atoms with E-state index in [4.69, 9.17) is 0 Å². The fourth-order valence-electron chi connectivity index (χ4n) is 4.63. The summed E-state index contributed by atoms with van der Waals surface area (Å²) in [6.07, 6.45) is 4.57. The molecule has 1 N–H and O–H groups in total. The molecular formula is C19H25NO. The molecule has 2 heteroatoms. The number of nitrogens with zero attached hydrogens (tertiary/aromatic N) is 1. The van der Waals surface area contributed by atoms with E-state index in [-0.39, 0.29) is 10.8 Å². The van der Waals surface area contributed by atoms with Crippen molar-refractivity contribution in [3.8, 4) is 0 Å². The van der Waals surface area contributed by atoms with Crippen LogP contribution in [-0.4, -0.2) is 10.1 Å². The summed E-state index contributed by atoms with van der Waals surface area (Å²) in [6, 6.07) is 10.2. The molecule has 0 bridgehead atoms. The van der Waals surface area contributed by atoms with E-state index < -0.39 is 5.60 Å². The molecule has 1 aromatic carbocycles. The molecule has 2 nitrogen and oxygen atoms in total. The smallest absolute Gasteiger partial charge is 0.0907 e. The molecule has 1 heterocycles. The lowest BCUT2D eigenvalue weighted by Crippen LogP contribution is -2.44. The fraction of sp³-hybridized carbons (Fsp3) is 0.526. The van der Waals surface area contributed by atoms with Crippen LogP contribution in [0.15, 0.2) is 36.5 Å². The summed E-state index contributed by atoms with van der Waals surface area (Å²) in [5.74, 6) is 0. The van der Waals surface area contributed by atoms with Gasteiger partial charge in [0.05, 0.1) is 11.1 Å². The van der Waals surface area contributed by atoms with E-state index in [1.54, 1.807) is 0 Å². The lowest BCUT2D eigenvalue weighted by atomic mass is 9.58. The van der Waals surface area contributed by atoms with Crippen LogP contribution in [0.4, 0.5) is 0 Å². The predicted octanol–water partition coefficient (Wildman–Crippen LogP) is 4.66. The Balaban J connectivity index is 2.07. The van der Waals surface area contributed by atoms with Gasteiger partial charge in [-0.2, -0.15) is 0 Å². The normalized spacial score (nSPS) is 23.1. The molecule has 21 heavy (non-hydrogen) atoms. The van der Waals surface area contributed by atoms with E-state index in [9.17, 15) is 5.11 Å². The first kappa shape index (κ1) is 14.5. The van der Waals surface area contributed by atoms with Crippen LogP contribution < -0.4 is 0 Å². The quantitative estimate of drug-likeness (QED) is 0.825. The topological polar surface area (TPSA) is 33.1 Å². The minimum Gasteiger partial charge on any atom is -0.385 e. The summed E-state index contributed by atoms with van der Waals surface area (Å²) in [6.45, 7) is 9.05. The average Bonchev–Trinajstić information content (AvgIpc) is 2.34. The summed E-state index contributed by atoms with van der Waals surface area (Å²) in [5.41, 5.74) is 1.52. The van der Waals surface area contributed by atoms with Crippen LogP contribution in [0.25, 0.3) is 10.9 Å². The number of aromatic nitrogens is 1. The number of rotatable bonds is 1. The van der Waals surface area contributed by atoms with Crippen molar-refractivity contribution in [1.82, 2.24) is 4.98 Å². The Morgan fingerprint density at radius 3 is 2.29 bits per heavy atom. The molecule has 1 saturated carbocycles. The lowest BCUT2D eigenvalue weighted by molar-refractivity contribution is -0.0912. The molecule has 0 amide bonds. The van der Waals surface area contributed by atoms with Crippen molar-refractivity contribution < 1.29 is 5.11 Å². The molecule has 0 radical (unpaired) electrons. The maximum Gasteiger partial charge on any atom is 0.0907 e. The Labute approximate surface area is 127 Å². The van der Waals surface area contributed by atoms with Gasteiger partial charge in [-0.1, -0.05) is 45.9 Å². The maximum atomic E-state index is 11.3. The second-order valence-electron chi connectivity index (χ2n) is 8.30. The van der Waals surface area contributed by atoms with Crippen LogP contribution in [0, 0.1) is 10.8 Å². The van der Waals surface area contributed by atoms with Crippen molar-refractivity contribution in [3.63, 3.8) is 0 Å². The molecule has 112 valence electrons. The number of hydrogen-bond donors (Lipinski definition) is 1. The van der Waals surface area contributed by atoms with Crippen LogP contribution in [0.2, 0.25) is 0 Å². The molecule has 3 rings (SSSR count). The molecule has 0 aliphatic heterocycles. The highest BCUT2D eigenvalue weighted by molar-refractivity contribution is 5.79. The largest absolute Gasteiger partial charge is 0.385 e. The molecule has 1 aromatic heterocycles. The van der Waals surface area contributed by atoms with Gasteiger partial charge in [-0.25, -0.2) is 0 Å². The Hall–Kier alpha value is -1.41. The van der Waals surface area contributed by atoms with Gasteiger partial charge < -0.3 is 5.11 Å². The van der Waals surface area contributed by atoms with E-state index in [0.29, 0.717) is 0 Å². The zero-order valence-corrected chi connectivity index (χ0v) is 13.5. The van der Waals surface area contributed by atoms with Crippen molar-refractivity contribution >= 4 is 10.9 Å². The van der Waals surface area contributed by atoms with Gasteiger partial charge in [0.25, 0.3) is 0 Å². The molecule has 1 aliphatic rings. The number of pyridine rings is 1. The van der Waals surface area contributed by atoms with Crippen LogP contribution in [-0.2, 0) is 5.60 Å². The number of hydrogen-bond acceptors (Lipinski definition) is 2. The van der Waals surface area contributed by atoms with Gasteiger partial charge in [-0.3, -0.25) is 4.98 Å². The SMILES string of the molecule is CC1(C)CC(C)(C)CC(O)(c2ccc3cccnc3c2)C1. The van der Waals surface area contributed by atoms with E-state index in [0.717, 1.165) is 35.7 Å². The summed E-state index contributed by atoms with van der Waals surface area (Å²) < 4.78 is 0. The van der Waals surface area contributed by atoms with Crippen molar-refractivity contribution in [2.75, 3.05) is 0 Å². The zero-order valence-electron chi connectivity index (χ0n) is 13.5. The predicted molar refractivity (Wildman–Crippen MR) is 87.1 cm³/mol. The summed E-state index contributed by atoms with van der Waals surface area (Å²) >= 11 is 0. The van der Waals surface area contributed by atoms with Gasteiger partial charge in [-0.15, -0.1) is 0 Å². The first-order valence-corrected chi connectivity index (χ1v) is 7.77. The third-order valence-corrected chi connectivity index (χ3v) is 4.64. The Kier molecular flexibility index (Phi) is 3.14. The number of benzene rings is 1. The van der Waals surface area contributed by atoms with Gasteiger partial charge in [0.15, 0.2) is 0 Å². The van der Waals surface area contributed by atoms with Gasteiger partial charge in [0.2, 0.25) is 0 Å². The highest BCUT2D eigenvalue weighted by atomic mass is 16.3. The van der Waals surface area contributed by atoms with Crippen LogP contribution in [0.3, 0.4) is 0 Å². The molecule has 0 saturated heterocycles. The Bertz CT molecular complexity index is 656. The Morgan fingerprint density at radius 1 is 0.952 bits per heavy atom. The molecule has 0 spiro atoms. The zero-order chi connectivity index (χ0) is 15.3. The van der Waals surface area contributed by atoms with Crippen molar-refractivity contribution in [2.24, 2.45) is 10.8 Å². The minimum atomic E-state index is -0.753. The van der Waals surface area contributed by atoms with E-state index in [1.165, 1.54) is 0 Å². The maximum absolute atomic E-state index is 11.3. The van der Waals surface area contributed by atoms with E-state index >= 15 is 0 Å². The highest BCUT2D eigenvalue weighted by Gasteiger charge is 2.47. The second kappa shape index (κ2) is 4.54. The van der Waals surface area contributed by atoms with Crippen LogP contribution in [0.1, 0.15) is 52.5 Å². The third-order valence-electron chi connectivity index (χ3n) is 4.64. The first-order valence-electron chi connectivity index (χ1n) is 7.77. The second-order valence-corrected chi connectivity index (χ2v) is 8.30. The summed E-state index contributed by atoms with van der Waals surface area (Å²) in [5, 5.41) is 12.5. The van der Waals surface area contributed by atoms with Gasteiger partial charge in [-0.05, 0) is 47.8 Å². The van der Waals surface area contributed by atoms with Gasteiger partial charge in [0, 0.05) is 11.6 Å². The van der Waals surface area contributed by atoms with Crippen LogP contribution in [0.5, 0.6) is 0 Å². The van der Waals surface area contributed by atoms with Crippen LogP contribution >= 0.6 is 0 Å². The lowest BCUT2D eigenvalue weighted by Gasteiger charge is -2.49.